The zero-order chi connectivity index (χ0) is 17.9. The minimum atomic E-state index is -0.00919. The van der Waals surface area contributed by atoms with Gasteiger partial charge in [-0.3, -0.25) is 4.79 Å². The number of tetrazole rings is 1. The summed E-state index contributed by atoms with van der Waals surface area (Å²) >= 11 is 1.58. The second-order valence-corrected chi connectivity index (χ2v) is 7.43. The molecule has 0 fully saturated rings. The van der Waals surface area contributed by atoms with Crippen molar-refractivity contribution >= 4 is 23.4 Å². The SMILES string of the molecule is Cc1cc(NC(=O)CSc2ccc3c(c2)CCC3)ccc1-n1cnnn1. The second kappa shape index (κ2) is 7.29. The van der Waals surface area contributed by atoms with E-state index in [9.17, 15) is 4.79 Å². The third-order valence-corrected chi connectivity index (χ3v) is 5.51. The summed E-state index contributed by atoms with van der Waals surface area (Å²) in [6, 6.07) is 12.2. The average molecular weight is 365 g/mol. The number of carbonyl (C=O) groups is 1. The molecule has 1 aromatic heterocycles. The van der Waals surface area contributed by atoms with Crippen LogP contribution in [0, 0.1) is 6.92 Å². The standard InChI is InChI=1S/C19H19N5OS/c1-13-9-16(6-8-18(13)24-12-20-22-23-24)21-19(25)11-26-17-7-5-14-3-2-4-15(14)10-17/h5-10,12H,2-4,11H2,1H3,(H,21,25). The van der Waals surface area contributed by atoms with E-state index in [1.54, 1.807) is 22.8 Å². The number of thioether (sulfide) groups is 1. The quantitative estimate of drug-likeness (QED) is 0.703. The molecule has 4 rings (SSSR count). The highest BCUT2D eigenvalue weighted by atomic mass is 32.2. The topological polar surface area (TPSA) is 72.7 Å². The molecule has 0 unspecified atom stereocenters. The molecule has 0 spiro atoms. The normalized spacial score (nSPS) is 12.8. The van der Waals surface area contributed by atoms with Crippen LogP contribution in [0.1, 0.15) is 23.1 Å². The van der Waals surface area contributed by atoms with Gasteiger partial charge in [0.1, 0.15) is 6.33 Å². The smallest absolute Gasteiger partial charge is 0.234 e. The van der Waals surface area contributed by atoms with E-state index in [0.29, 0.717) is 5.75 Å². The molecule has 1 aliphatic rings. The van der Waals surface area contributed by atoms with Gasteiger partial charge in [0, 0.05) is 10.6 Å². The van der Waals surface area contributed by atoms with Crippen molar-refractivity contribution in [2.75, 3.05) is 11.1 Å². The average Bonchev–Trinajstić information content (AvgIpc) is 3.31. The lowest BCUT2D eigenvalue weighted by molar-refractivity contribution is -0.113. The monoisotopic (exact) mass is 365 g/mol. The Labute approximate surface area is 156 Å². The molecule has 0 saturated carbocycles. The number of hydrogen-bond acceptors (Lipinski definition) is 5. The summed E-state index contributed by atoms with van der Waals surface area (Å²) in [5, 5.41) is 14.1. The van der Waals surface area contributed by atoms with Gasteiger partial charge in [0.15, 0.2) is 0 Å². The van der Waals surface area contributed by atoms with Crippen LogP contribution in [0.5, 0.6) is 0 Å². The highest BCUT2D eigenvalue weighted by Crippen LogP contribution is 2.27. The fraction of sp³-hybridized carbons (Fsp3) is 0.263. The molecule has 1 N–H and O–H groups in total. The van der Waals surface area contributed by atoms with Gasteiger partial charge in [0.25, 0.3) is 0 Å². The molecule has 6 nitrogen and oxygen atoms in total. The molecule has 0 atom stereocenters. The zero-order valence-corrected chi connectivity index (χ0v) is 15.3. The Morgan fingerprint density at radius 3 is 2.88 bits per heavy atom. The molecule has 0 bridgehead atoms. The van der Waals surface area contributed by atoms with Crippen molar-refractivity contribution in [1.82, 2.24) is 20.2 Å². The Morgan fingerprint density at radius 1 is 1.19 bits per heavy atom. The van der Waals surface area contributed by atoms with Gasteiger partial charge < -0.3 is 5.32 Å². The molecule has 0 radical (unpaired) electrons. The molecule has 2 aromatic carbocycles. The van der Waals surface area contributed by atoms with E-state index in [1.165, 1.54) is 24.0 Å². The number of aryl methyl sites for hydroxylation is 3. The van der Waals surface area contributed by atoms with E-state index >= 15 is 0 Å². The van der Waals surface area contributed by atoms with E-state index in [1.807, 2.05) is 25.1 Å². The number of nitrogens with zero attached hydrogens (tertiary/aromatic N) is 4. The van der Waals surface area contributed by atoms with Crippen molar-refractivity contribution in [2.45, 2.75) is 31.1 Å². The van der Waals surface area contributed by atoms with E-state index in [0.717, 1.165) is 28.3 Å². The summed E-state index contributed by atoms with van der Waals surface area (Å²) in [5.74, 6) is 0.386. The first-order valence-corrected chi connectivity index (χ1v) is 9.56. The van der Waals surface area contributed by atoms with Crippen LogP contribution in [0.15, 0.2) is 47.6 Å². The first kappa shape index (κ1) is 16.8. The molecular formula is C19H19N5OS. The first-order valence-electron chi connectivity index (χ1n) is 8.57. The lowest BCUT2D eigenvalue weighted by atomic mass is 10.1. The van der Waals surface area contributed by atoms with Crippen LogP contribution in [0.2, 0.25) is 0 Å². The Hall–Kier alpha value is -2.67. The number of rotatable bonds is 5. The molecule has 1 amide bonds. The third kappa shape index (κ3) is 3.62. The Bertz CT molecular complexity index is 939. The van der Waals surface area contributed by atoms with E-state index in [2.05, 4.69) is 39.0 Å². The highest BCUT2D eigenvalue weighted by Gasteiger charge is 2.12. The number of fused-ring (bicyclic) bond motifs is 1. The van der Waals surface area contributed by atoms with Crippen LogP contribution in [0.25, 0.3) is 5.69 Å². The lowest BCUT2D eigenvalue weighted by Crippen LogP contribution is -2.14. The number of aromatic nitrogens is 4. The molecule has 26 heavy (non-hydrogen) atoms. The Balaban J connectivity index is 1.37. The number of amides is 1. The minimum absolute atomic E-state index is 0.00919. The number of hydrogen-bond donors (Lipinski definition) is 1. The van der Waals surface area contributed by atoms with Gasteiger partial charge >= 0.3 is 0 Å². The van der Waals surface area contributed by atoms with Crippen LogP contribution in [0.3, 0.4) is 0 Å². The maximum absolute atomic E-state index is 12.3. The molecular weight excluding hydrogens is 346 g/mol. The van der Waals surface area contributed by atoms with Gasteiger partial charge in [-0.15, -0.1) is 16.9 Å². The maximum atomic E-state index is 12.3. The van der Waals surface area contributed by atoms with E-state index in [-0.39, 0.29) is 5.91 Å². The molecule has 1 heterocycles. The van der Waals surface area contributed by atoms with Gasteiger partial charge in [-0.1, -0.05) is 6.07 Å². The Morgan fingerprint density at radius 2 is 2.08 bits per heavy atom. The van der Waals surface area contributed by atoms with E-state index in [4.69, 9.17) is 0 Å². The summed E-state index contributed by atoms with van der Waals surface area (Å²) in [5.41, 5.74) is 5.54. The van der Waals surface area contributed by atoms with Crippen molar-refractivity contribution < 1.29 is 4.79 Å². The first-order chi connectivity index (χ1) is 12.7. The summed E-state index contributed by atoms with van der Waals surface area (Å²) in [7, 11) is 0. The van der Waals surface area contributed by atoms with Crippen molar-refractivity contribution in [3.05, 3.63) is 59.4 Å². The molecule has 0 aliphatic heterocycles. The third-order valence-electron chi connectivity index (χ3n) is 4.52. The molecule has 132 valence electrons. The summed E-state index contributed by atoms with van der Waals surface area (Å²) < 4.78 is 1.60. The number of carbonyl (C=O) groups excluding carboxylic acids is 1. The molecule has 0 saturated heterocycles. The van der Waals surface area contributed by atoms with Crippen LogP contribution >= 0.6 is 11.8 Å². The zero-order valence-electron chi connectivity index (χ0n) is 14.5. The predicted molar refractivity (Wildman–Crippen MR) is 102 cm³/mol. The number of benzene rings is 2. The van der Waals surface area contributed by atoms with Gasteiger partial charge in [-0.05, 0) is 83.6 Å². The maximum Gasteiger partial charge on any atom is 0.234 e. The van der Waals surface area contributed by atoms with Crippen molar-refractivity contribution in [2.24, 2.45) is 0 Å². The highest BCUT2D eigenvalue weighted by molar-refractivity contribution is 8.00. The van der Waals surface area contributed by atoms with Crippen molar-refractivity contribution in [3.63, 3.8) is 0 Å². The summed E-state index contributed by atoms with van der Waals surface area (Å²) in [6.45, 7) is 1.96. The number of anilines is 1. The summed E-state index contributed by atoms with van der Waals surface area (Å²) in [4.78, 5) is 13.4. The van der Waals surface area contributed by atoms with Gasteiger partial charge in [-0.25, -0.2) is 4.68 Å². The van der Waals surface area contributed by atoms with Crippen molar-refractivity contribution in [1.29, 1.82) is 0 Å². The molecule has 1 aliphatic carbocycles. The fourth-order valence-corrected chi connectivity index (χ4v) is 4.01. The minimum Gasteiger partial charge on any atom is -0.325 e. The fourth-order valence-electron chi connectivity index (χ4n) is 3.25. The van der Waals surface area contributed by atoms with Gasteiger partial charge in [-0.2, -0.15) is 0 Å². The van der Waals surface area contributed by atoms with Gasteiger partial charge in [0.05, 0.1) is 11.4 Å². The Kier molecular flexibility index (Phi) is 4.71. The van der Waals surface area contributed by atoms with Crippen LogP contribution < -0.4 is 5.32 Å². The molecule has 7 heteroatoms. The van der Waals surface area contributed by atoms with Gasteiger partial charge in [0.2, 0.25) is 5.91 Å². The van der Waals surface area contributed by atoms with Crippen molar-refractivity contribution in [3.8, 4) is 5.69 Å². The van der Waals surface area contributed by atoms with Crippen LogP contribution in [-0.4, -0.2) is 31.9 Å². The van der Waals surface area contributed by atoms with E-state index < -0.39 is 0 Å². The largest absolute Gasteiger partial charge is 0.325 e. The van der Waals surface area contributed by atoms with Crippen LogP contribution in [0.4, 0.5) is 5.69 Å². The number of nitrogens with one attached hydrogen (secondary N) is 1. The van der Waals surface area contributed by atoms with Crippen LogP contribution in [-0.2, 0) is 17.6 Å². The predicted octanol–water partition coefficient (Wildman–Crippen LogP) is 3.19. The second-order valence-electron chi connectivity index (χ2n) is 6.38. The lowest BCUT2D eigenvalue weighted by Gasteiger charge is -2.09. The summed E-state index contributed by atoms with van der Waals surface area (Å²) in [6.07, 6.45) is 5.13. The molecule has 3 aromatic rings.